The zero-order chi connectivity index (χ0) is 33.1. The van der Waals surface area contributed by atoms with Crippen LogP contribution in [0.1, 0.15) is 16.7 Å². The van der Waals surface area contributed by atoms with E-state index in [0.717, 1.165) is 16.7 Å². The first-order valence-electron chi connectivity index (χ1n) is 14.9. The molecule has 5 aromatic rings. The highest BCUT2D eigenvalue weighted by Crippen LogP contribution is 2.43. The average molecular weight is 671 g/mol. The number of benzene rings is 5. The van der Waals surface area contributed by atoms with Crippen molar-refractivity contribution >= 4 is 24.2 Å². The van der Waals surface area contributed by atoms with Crippen molar-refractivity contribution in [2.24, 2.45) is 0 Å². The summed E-state index contributed by atoms with van der Waals surface area (Å²) in [6.07, 6.45) is -0.140. The molecule has 0 heterocycles. The first kappa shape index (κ1) is 33.6. The Labute approximate surface area is 276 Å². The van der Waals surface area contributed by atoms with Crippen LogP contribution in [0.2, 0.25) is 0 Å². The van der Waals surface area contributed by atoms with Crippen molar-refractivity contribution in [2.75, 3.05) is 24.4 Å². The quantitative estimate of drug-likeness (QED) is 0.0543. The number of anilines is 1. The Morgan fingerprint density at radius 3 is 1.94 bits per heavy atom. The minimum absolute atomic E-state index is 0.0335. The molecule has 0 aliphatic rings. The summed E-state index contributed by atoms with van der Waals surface area (Å²) in [7, 11) is -4.10. The van der Waals surface area contributed by atoms with Crippen LogP contribution in [0.15, 0.2) is 138 Å². The second-order valence-corrected chi connectivity index (χ2v) is 13.2. The molecular formula is C36H35N2O7PS. The molecule has 0 aromatic heterocycles. The van der Waals surface area contributed by atoms with Crippen LogP contribution in [0, 0.1) is 0 Å². The number of hydrogen-bond acceptors (Lipinski definition) is 8. The Bertz CT molecular complexity index is 1800. The van der Waals surface area contributed by atoms with Crippen LogP contribution < -0.4 is 19.5 Å². The number of aromatic hydroxyl groups is 1. The molecule has 9 nitrogen and oxygen atoms in total. The summed E-state index contributed by atoms with van der Waals surface area (Å²) in [5.41, 5.74) is 2.57. The summed E-state index contributed by atoms with van der Waals surface area (Å²) in [5.74, 6) is 0.612. The lowest BCUT2D eigenvalue weighted by Gasteiger charge is -2.29. The van der Waals surface area contributed by atoms with Gasteiger partial charge < -0.3 is 25.0 Å². The van der Waals surface area contributed by atoms with Crippen LogP contribution >= 0.6 is 8.46 Å². The van der Waals surface area contributed by atoms with E-state index in [4.69, 9.17) is 9.47 Å². The summed E-state index contributed by atoms with van der Waals surface area (Å²) in [5, 5.41) is 22.6. The van der Waals surface area contributed by atoms with Crippen LogP contribution in [0.25, 0.3) is 0 Å². The van der Waals surface area contributed by atoms with Gasteiger partial charge in [0.25, 0.3) is 10.0 Å². The second kappa shape index (κ2) is 15.7. The highest BCUT2D eigenvalue weighted by Gasteiger charge is 2.38. The molecule has 242 valence electrons. The van der Waals surface area contributed by atoms with Crippen molar-refractivity contribution < 1.29 is 32.7 Å². The fourth-order valence-corrected chi connectivity index (χ4v) is 6.61. The van der Waals surface area contributed by atoms with E-state index < -0.39 is 21.5 Å². The third kappa shape index (κ3) is 8.75. The first-order chi connectivity index (χ1) is 22.8. The number of aliphatic hydroxyl groups excluding tert-OH is 1. The van der Waals surface area contributed by atoms with Gasteiger partial charge in [0, 0.05) is 23.7 Å². The van der Waals surface area contributed by atoms with Crippen LogP contribution in [0.3, 0.4) is 0 Å². The molecular weight excluding hydrogens is 635 g/mol. The Morgan fingerprint density at radius 1 is 0.766 bits per heavy atom. The number of rotatable bonds is 16. The van der Waals surface area contributed by atoms with Crippen molar-refractivity contribution in [3.05, 3.63) is 150 Å². The van der Waals surface area contributed by atoms with Crippen LogP contribution in [-0.4, -0.2) is 44.4 Å². The summed E-state index contributed by atoms with van der Waals surface area (Å²) in [4.78, 5) is 0.0589. The van der Waals surface area contributed by atoms with Gasteiger partial charge in [-0.25, -0.2) is 8.42 Å². The van der Waals surface area contributed by atoms with Crippen molar-refractivity contribution in [1.82, 2.24) is 5.32 Å². The standard InChI is InChI=1S/C36H35N2O7PS/c39-30(26-44-32-20-21-35(40)34(24-32)38-47(42,43)33-14-8-3-9-15-33)25-37-23-22-27-16-18-31(19-17-27)45-36(46-41,28-10-4-1-5-11-28)29-12-6-2-7-13-29/h1-21,24,30,37-40H,22-23,25-26H2/t30-/m0/s1. The number of phenols is 1. The van der Waals surface area contributed by atoms with Gasteiger partial charge in [-0.2, -0.15) is 0 Å². The fourth-order valence-electron chi connectivity index (χ4n) is 4.87. The van der Waals surface area contributed by atoms with Crippen LogP contribution in [-0.2, 0) is 26.4 Å². The Hall–Kier alpha value is -4.73. The third-order valence-corrected chi connectivity index (χ3v) is 9.57. The van der Waals surface area contributed by atoms with E-state index in [1.54, 1.807) is 18.2 Å². The largest absolute Gasteiger partial charge is 0.506 e. The van der Waals surface area contributed by atoms with Gasteiger partial charge >= 0.3 is 0 Å². The number of hydrogen-bond donors (Lipinski definition) is 4. The number of ether oxygens (including phenoxy) is 2. The third-order valence-electron chi connectivity index (χ3n) is 7.33. The van der Waals surface area contributed by atoms with E-state index in [-0.39, 0.29) is 43.7 Å². The zero-order valence-corrected chi connectivity index (χ0v) is 27.1. The van der Waals surface area contributed by atoms with E-state index in [2.05, 4.69) is 10.0 Å². The van der Waals surface area contributed by atoms with E-state index in [1.807, 2.05) is 84.9 Å². The van der Waals surface area contributed by atoms with Gasteiger partial charge in [0.1, 0.15) is 30.0 Å². The summed E-state index contributed by atoms with van der Waals surface area (Å²) < 4.78 is 52.4. The summed E-state index contributed by atoms with van der Waals surface area (Å²) in [6, 6.07) is 38.6. The van der Waals surface area contributed by atoms with E-state index >= 15 is 0 Å². The molecule has 5 aromatic carbocycles. The first-order valence-corrected chi connectivity index (χ1v) is 17.2. The highest BCUT2D eigenvalue weighted by atomic mass is 32.2. The zero-order valence-electron chi connectivity index (χ0n) is 25.4. The molecule has 0 saturated carbocycles. The molecule has 11 heteroatoms. The smallest absolute Gasteiger partial charge is 0.262 e. The van der Waals surface area contributed by atoms with Gasteiger partial charge in [-0.15, -0.1) is 0 Å². The molecule has 0 aliphatic heterocycles. The Kier molecular flexibility index (Phi) is 11.2. The van der Waals surface area contributed by atoms with Gasteiger partial charge in [0.15, 0.2) is 0 Å². The maximum Gasteiger partial charge on any atom is 0.262 e. The number of aliphatic hydroxyl groups is 1. The topological polar surface area (TPSA) is 134 Å². The van der Waals surface area contributed by atoms with Gasteiger partial charge in [-0.05, 0) is 54.9 Å². The summed E-state index contributed by atoms with van der Waals surface area (Å²) >= 11 is 0. The number of nitrogens with one attached hydrogen (secondary N) is 2. The molecule has 0 aliphatic carbocycles. The van der Waals surface area contributed by atoms with E-state index in [9.17, 15) is 23.2 Å². The van der Waals surface area contributed by atoms with Crippen molar-refractivity contribution in [3.8, 4) is 17.2 Å². The molecule has 0 amide bonds. The molecule has 0 unspecified atom stereocenters. The van der Waals surface area contributed by atoms with Crippen molar-refractivity contribution in [1.29, 1.82) is 0 Å². The molecule has 0 spiro atoms. The van der Waals surface area contributed by atoms with E-state index in [0.29, 0.717) is 18.7 Å². The number of phenolic OH excluding ortho intramolecular Hbond substituents is 1. The second-order valence-electron chi connectivity index (χ2n) is 10.7. The Balaban J connectivity index is 1.10. The monoisotopic (exact) mass is 670 g/mol. The lowest BCUT2D eigenvalue weighted by molar-refractivity contribution is 0.106. The normalized spacial score (nSPS) is 12.4. The SMILES string of the molecule is O=PC(Oc1ccc(CCNC[C@H](O)COc2ccc(O)c(NS(=O)(=O)c3ccccc3)c2)cc1)(c1ccccc1)c1ccccc1. The lowest BCUT2D eigenvalue weighted by atomic mass is 10.0. The lowest BCUT2D eigenvalue weighted by Crippen LogP contribution is -2.32. The van der Waals surface area contributed by atoms with Gasteiger partial charge in [-0.1, -0.05) is 91.0 Å². The van der Waals surface area contributed by atoms with Crippen LogP contribution in [0.5, 0.6) is 17.2 Å². The van der Waals surface area contributed by atoms with Gasteiger partial charge in [-0.3, -0.25) is 9.29 Å². The molecule has 0 radical (unpaired) electrons. The van der Waals surface area contributed by atoms with Gasteiger partial charge in [0.05, 0.1) is 10.6 Å². The molecule has 4 N–H and O–H groups in total. The minimum atomic E-state index is -3.90. The maximum absolute atomic E-state index is 12.7. The number of sulfonamides is 1. The Morgan fingerprint density at radius 2 is 1.34 bits per heavy atom. The minimum Gasteiger partial charge on any atom is -0.506 e. The maximum atomic E-state index is 12.7. The van der Waals surface area contributed by atoms with Crippen molar-refractivity contribution in [3.63, 3.8) is 0 Å². The van der Waals surface area contributed by atoms with Gasteiger partial charge in [0.2, 0.25) is 13.8 Å². The predicted octanol–water partition coefficient (Wildman–Crippen LogP) is 6.34. The van der Waals surface area contributed by atoms with Crippen molar-refractivity contribution in [2.45, 2.75) is 22.8 Å². The fraction of sp³-hybridized carbons (Fsp3) is 0.167. The molecule has 0 bridgehead atoms. The molecule has 0 saturated heterocycles. The predicted molar refractivity (Wildman–Crippen MR) is 182 cm³/mol. The summed E-state index contributed by atoms with van der Waals surface area (Å²) in [6.45, 7) is 0.823. The molecule has 0 fully saturated rings. The molecule has 47 heavy (non-hydrogen) atoms. The highest BCUT2D eigenvalue weighted by molar-refractivity contribution is 7.92. The van der Waals surface area contributed by atoms with Crippen LogP contribution in [0.4, 0.5) is 5.69 Å². The molecule has 5 rings (SSSR count). The molecule has 1 atom stereocenters. The average Bonchev–Trinajstić information content (AvgIpc) is 3.11. The van der Waals surface area contributed by atoms with E-state index in [1.165, 1.54) is 30.3 Å².